The van der Waals surface area contributed by atoms with Gasteiger partial charge in [-0.15, -0.1) is 0 Å². The lowest BCUT2D eigenvalue weighted by Gasteiger charge is -2.23. The van der Waals surface area contributed by atoms with Crippen LogP contribution >= 0.6 is 11.3 Å². The summed E-state index contributed by atoms with van der Waals surface area (Å²) in [5.74, 6) is 0.297. The number of nitrogens with zero attached hydrogens (tertiary/aromatic N) is 5. The molecule has 8 heteroatoms. The van der Waals surface area contributed by atoms with Gasteiger partial charge in [-0.2, -0.15) is 21.5 Å². The second kappa shape index (κ2) is 7.43. The predicted molar refractivity (Wildman–Crippen MR) is 99.7 cm³/mol. The van der Waals surface area contributed by atoms with Crippen molar-refractivity contribution in [3.05, 3.63) is 58.3 Å². The highest BCUT2D eigenvalue weighted by atomic mass is 32.1. The minimum atomic E-state index is -0.00463. The average molecular weight is 370 g/mol. The summed E-state index contributed by atoms with van der Waals surface area (Å²) < 4.78 is 3.89. The lowest BCUT2D eigenvalue weighted by molar-refractivity contribution is 0.0940. The van der Waals surface area contributed by atoms with Crippen LogP contribution < -0.4 is 5.32 Å². The molecule has 1 N–H and O–H groups in total. The Labute approximate surface area is 156 Å². The van der Waals surface area contributed by atoms with Gasteiger partial charge in [-0.25, -0.2) is 0 Å². The third kappa shape index (κ3) is 3.86. The zero-order valence-corrected chi connectivity index (χ0v) is 15.5. The first-order chi connectivity index (χ1) is 12.7. The number of aryl methyl sites for hydroxylation is 1. The van der Waals surface area contributed by atoms with Crippen molar-refractivity contribution in [2.75, 3.05) is 13.1 Å². The number of carbonyl (C=O) groups excluding carboxylic acids is 1. The van der Waals surface area contributed by atoms with E-state index < -0.39 is 0 Å². The Kier molecular flexibility index (Phi) is 4.85. The summed E-state index contributed by atoms with van der Waals surface area (Å²) in [7, 11) is 1.93. The Balaban J connectivity index is 1.44. The Morgan fingerprint density at radius 2 is 2.27 bits per heavy atom. The van der Waals surface area contributed by atoms with E-state index in [0.717, 1.165) is 31.7 Å². The van der Waals surface area contributed by atoms with Crippen molar-refractivity contribution in [3.8, 4) is 0 Å². The van der Waals surface area contributed by atoms with Crippen molar-refractivity contribution in [1.82, 2.24) is 29.8 Å². The van der Waals surface area contributed by atoms with Crippen LogP contribution in [0.4, 0.5) is 0 Å². The van der Waals surface area contributed by atoms with Crippen LogP contribution in [0.1, 0.15) is 21.6 Å². The SMILES string of the molecule is Cn1cc(CN2Cc3ccnn3CC(CNC(=O)c3ccsc3)C2)cn1. The monoisotopic (exact) mass is 370 g/mol. The van der Waals surface area contributed by atoms with Crippen molar-refractivity contribution < 1.29 is 4.79 Å². The zero-order valence-electron chi connectivity index (χ0n) is 14.7. The maximum absolute atomic E-state index is 12.3. The molecule has 0 bridgehead atoms. The van der Waals surface area contributed by atoms with Crippen LogP contribution in [-0.2, 0) is 26.7 Å². The van der Waals surface area contributed by atoms with Gasteiger partial charge in [0.2, 0.25) is 0 Å². The summed E-state index contributed by atoms with van der Waals surface area (Å²) in [6.07, 6.45) is 5.81. The molecule has 0 radical (unpaired) electrons. The molecule has 26 heavy (non-hydrogen) atoms. The molecule has 0 aromatic carbocycles. The van der Waals surface area contributed by atoms with Crippen molar-refractivity contribution in [2.24, 2.45) is 13.0 Å². The van der Waals surface area contributed by atoms with E-state index in [1.54, 1.807) is 0 Å². The fourth-order valence-corrected chi connectivity index (χ4v) is 4.05. The third-order valence-corrected chi connectivity index (χ3v) is 5.32. The first-order valence-electron chi connectivity index (χ1n) is 8.68. The topological polar surface area (TPSA) is 68.0 Å². The van der Waals surface area contributed by atoms with Gasteiger partial charge < -0.3 is 5.32 Å². The number of fused-ring (bicyclic) bond motifs is 1. The van der Waals surface area contributed by atoms with Gasteiger partial charge in [0.25, 0.3) is 5.91 Å². The van der Waals surface area contributed by atoms with Crippen molar-refractivity contribution in [1.29, 1.82) is 0 Å². The fourth-order valence-electron chi connectivity index (χ4n) is 3.41. The summed E-state index contributed by atoms with van der Waals surface area (Å²) >= 11 is 1.54. The molecule has 1 aliphatic heterocycles. The van der Waals surface area contributed by atoms with Crippen LogP contribution in [0.15, 0.2) is 41.5 Å². The summed E-state index contributed by atoms with van der Waals surface area (Å²) in [5, 5.41) is 15.6. The predicted octanol–water partition coefficient (Wildman–Crippen LogP) is 1.74. The summed E-state index contributed by atoms with van der Waals surface area (Å²) in [4.78, 5) is 14.7. The number of thiophene rings is 1. The Hall–Kier alpha value is -2.45. The van der Waals surface area contributed by atoms with E-state index in [9.17, 15) is 4.79 Å². The van der Waals surface area contributed by atoms with E-state index in [1.165, 1.54) is 22.6 Å². The van der Waals surface area contributed by atoms with Crippen LogP contribution in [0.3, 0.4) is 0 Å². The number of aromatic nitrogens is 4. The summed E-state index contributed by atoms with van der Waals surface area (Å²) in [5.41, 5.74) is 3.14. The molecule has 4 rings (SSSR count). The van der Waals surface area contributed by atoms with Gasteiger partial charge in [0.1, 0.15) is 0 Å². The van der Waals surface area contributed by atoms with E-state index in [2.05, 4.69) is 37.4 Å². The standard InChI is InChI=1S/C18H22N6OS/c1-22-8-15(7-21-22)10-23-9-14(11-24-17(12-23)2-4-20-24)6-19-18(25)16-3-5-26-13-16/h2-5,7-8,13-14H,6,9-12H2,1H3,(H,19,25). The van der Waals surface area contributed by atoms with E-state index in [0.29, 0.717) is 12.5 Å². The normalized spacial score (nSPS) is 17.7. The summed E-state index contributed by atoms with van der Waals surface area (Å²) in [6.45, 7) is 4.05. The van der Waals surface area contributed by atoms with Crippen LogP contribution in [0, 0.1) is 5.92 Å². The number of hydrogen-bond donors (Lipinski definition) is 1. The number of hydrogen-bond acceptors (Lipinski definition) is 5. The minimum absolute atomic E-state index is 0.00463. The molecule has 1 amide bonds. The van der Waals surface area contributed by atoms with Gasteiger partial charge >= 0.3 is 0 Å². The van der Waals surface area contributed by atoms with Gasteiger partial charge in [-0.1, -0.05) is 0 Å². The second-order valence-corrected chi connectivity index (χ2v) is 7.56. The minimum Gasteiger partial charge on any atom is -0.352 e. The molecule has 3 aromatic rings. The molecule has 0 spiro atoms. The van der Waals surface area contributed by atoms with Crippen molar-refractivity contribution in [2.45, 2.75) is 19.6 Å². The largest absolute Gasteiger partial charge is 0.352 e. The van der Waals surface area contributed by atoms with E-state index in [4.69, 9.17) is 0 Å². The molecular weight excluding hydrogens is 348 g/mol. The van der Waals surface area contributed by atoms with Crippen LogP contribution in [0.5, 0.6) is 0 Å². The molecular formula is C18H22N6OS. The van der Waals surface area contributed by atoms with E-state index >= 15 is 0 Å². The number of nitrogens with one attached hydrogen (secondary N) is 1. The van der Waals surface area contributed by atoms with Crippen LogP contribution in [0.25, 0.3) is 0 Å². The first-order valence-corrected chi connectivity index (χ1v) is 9.62. The molecule has 3 aromatic heterocycles. The smallest absolute Gasteiger partial charge is 0.252 e. The molecule has 0 saturated heterocycles. The molecule has 1 atom stereocenters. The van der Waals surface area contributed by atoms with Gasteiger partial charge in [0.15, 0.2) is 0 Å². The first kappa shape index (κ1) is 17.0. The zero-order chi connectivity index (χ0) is 17.9. The second-order valence-electron chi connectivity index (χ2n) is 6.78. The highest BCUT2D eigenvalue weighted by Gasteiger charge is 2.23. The lowest BCUT2D eigenvalue weighted by Crippen LogP contribution is -2.36. The highest BCUT2D eigenvalue weighted by Crippen LogP contribution is 2.18. The number of amides is 1. The molecule has 0 saturated carbocycles. The molecule has 136 valence electrons. The maximum atomic E-state index is 12.3. The van der Waals surface area contributed by atoms with E-state index in [-0.39, 0.29) is 5.91 Å². The van der Waals surface area contributed by atoms with E-state index in [1.807, 2.05) is 40.9 Å². The van der Waals surface area contributed by atoms with Crippen LogP contribution in [0.2, 0.25) is 0 Å². The molecule has 1 aliphatic rings. The average Bonchev–Trinajstić information content (AvgIpc) is 3.35. The van der Waals surface area contributed by atoms with Gasteiger partial charge in [0.05, 0.1) is 11.9 Å². The van der Waals surface area contributed by atoms with Gasteiger partial charge in [0, 0.05) is 74.6 Å². The Morgan fingerprint density at radius 3 is 3.04 bits per heavy atom. The summed E-state index contributed by atoms with van der Waals surface area (Å²) in [6, 6.07) is 3.93. The van der Waals surface area contributed by atoms with Crippen LogP contribution in [-0.4, -0.2) is 43.5 Å². The molecule has 4 heterocycles. The maximum Gasteiger partial charge on any atom is 0.252 e. The molecule has 1 unspecified atom stereocenters. The third-order valence-electron chi connectivity index (χ3n) is 4.64. The fraction of sp³-hybridized carbons (Fsp3) is 0.389. The number of rotatable bonds is 5. The van der Waals surface area contributed by atoms with Gasteiger partial charge in [-0.05, 0) is 17.5 Å². The van der Waals surface area contributed by atoms with Gasteiger partial charge in [-0.3, -0.25) is 19.1 Å². The highest BCUT2D eigenvalue weighted by molar-refractivity contribution is 7.08. The van der Waals surface area contributed by atoms with Crippen molar-refractivity contribution >= 4 is 17.2 Å². The lowest BCUT2D eigenvalue weighted by atomic mass is 10.1. The molecule has 0 fully saturated rings. The Morgan fingerprint density at radius 1 is 1.35 bits per heavy atom. The molecule has 0 aliphatic carbocycles. The quantitative estimate of drug-likeness (QED) is 0.743. The Bertz CT molecular complexity index is 868. The van der Waals surface area contributed by atoms with Crippen molar-refractivity contribution in [3.63, 3.8) is 0 Å². The molecule has 7 nitrogen and oxygen atoms in total. The number of carbonyl (C=O) groups is 1.